The third kappa shape index (κ3) is 2.63. The fraction of sp³-hybridized carbons (Fsp3) is 0.368. The normalized spacial score (nSPS) is 17.3. The van der Waals surface area contributed by atoms with E-state index in [2.05, 4.69) is 49.1 Å². The van der Waals surface area contributed by atoms with E-state index in [-0.39, 0.29) is 0 Å². The summed E-state index contributed by atoms with van der Waals surface area (Å²) in [6, 6.07) is 15.0. The summed E-state index contributed by atoms with van der Waals surface area (Å²) in [4.78, 5) is 2.46. The predicted octanol–water partition coefficient (Wildman–Crippen LogP) is 4.60. The van der Waals surface area contributed by atoms with Crippen LogP contribution in [0, 0.1) is 6.92 Å². The molecule has 2 heteroatoms. The summed E-state index contributed by atoms with van der Waals surface area (Å²) in [6.07, 6.45) is 3.28. The number of phenolic OH excluding ortho intramolecular Hbond substituents is 1. The Hall–Kier alpha value is -1.96. The Morgan fingerprint density at radius 1 is 1.19 bits per heavy atom. The van der Waals surface area contributed by atoms with Crippen molar-refractivity contribution in [3.05, 3.63) is 59.2 Å². The molecule has 0 bridgehead atoms. The molecule has 0 heterocycles. The first-order chi connectivity index (χ1) is 10.2. The van der Waals surface area contributed by atoms with E-state index in [4.69, 9.17) is 0 Å². The maximum absolute atomic E-state index is 10.1. The molecule has 0 aliphatic heterocycles. The van der Waals surface area contributed by atoms with Crippen molar-refractivity contribution < 1.29 is 5.11 Å². The number of hydrogen-bond donors (Lipinski definition) is 1. The quantitative estimate of drug-likeness (QED) is 0.888. The Bertz CT molecular complexity index is 635. The van der Waals surface area contributed by atoms with Gasteiger partial charge in [0, 0.05) is 12.2 Å². The molecular formula is C19H23NO. The van der Waals surface area contributed by atoms with E-state index in [0.717, 1.165) is 31.4 Å². The zero-order valence-corrected chi connectivity index (χ0v) is 12.8. The summed E-state index contributed by atoms with van der Waals surface area (Å²) in [6.45, 7) is 5.32. The Morgan fingerprint density at radius 3 is 2.76 bits per heavy atom. The largest absolute Gasteiger partial charge is 0.508 e. The molecular weight excluding hydrogens is 258 g/mol. The van der Waals surface area contributed by atoms with E-state index < -0.39 is 0 Å². The van der Waals surface area contributed by atoms with Crippen LogP contribution < -0.4 is 4.90 Å². The number of rotatable bonds is 3. The topological polar surface area (TPSA) is 23.5 Å². The molecule has 3 rings (SSSR count). The highest BCUT2D eigenvalue weighted by molar-refractivity contribution is 5.53. The number of fused-ring (bicyclic) bond motifs is 1. The van der Waals surface area contributed by atoms with Crippen molar-refractivity contribution in [1.82, 2.24) is 0 Å². The van der Waals surface area contributed by atoms with Crippen molar-refractivity contribution >= 4 is 5.69 Å². The van der Waals surface area contributed by atoms with E-state index in [0.29, 0.717) is 11.8 Å². The highest BCUT2D eigenvalue weighted by atomic mass is 16.3. The van der Waals surface area contributed by atoms with Crippen LogP contribution in [0.25, 0.3) is 0 Å². The molecule has 1 aliphatic rings. The number of benzene rings is 2. The SMILES string of the molecule is CCN(c1cccc(C)c1)C1CCCc2c(O)cccc21. The highest BCUT2D eigenvalue weighted by Gasteiger charge is 2.26. The molecule has 1 N–H and O–H groups in total. The van der Waals surface area contributed by atoms with Crippen LogP contribution >= 0.6 is 0 Å². The molecule has 2 aromatic carbocycles. The lowest BCUT2D eigenvalue weighted by Gasteiger charge is -2.37. The van der Waals surface area contributed by atoms with Crippen LogP contribution in [-0.4, -0.2) is 11.7 Å². The lowest BCUT2D eigenvalue weighted by atomic mass is 9.86. The average molecular weight is 281 g/mol. The van der Waals surface area contributed by atoms with Crippen LogP contribution in [0.2, 0.25) is 0 Å². The average Bonchev–Trinajstić information content (AvgIpc) is 2.49. The lowest BCUT2D eigenvalue weighted by molar-refractivity contribution is 0.450. The maximum Gasteiger partial charge on any atom is 0.119 e. The second-order valence-electron chi connectivity index (χ2n) is 5.88. The molecule has 2 aromatic rings. The zero-order valence-electron chi connectivity index (χ0n) is 12.8. The van der Waals surface area contributed by atoms with E-state index >= 15 is 0 Å². The van der Waals surface area contributed by atoms with Crippen molar-refractivity contribution in [2.75, 3.05) is 11.4 Å². The molecule has 2 nitrogen and oxygen atoms in total. The van der Waals surface area contributed by atoms with Crippen molar-refractivity contribution in [3.63, 3.8) is 0 Å². The Balaban J connectivity index is 2.02. The molecule has 0 saturated carbocycles. The van der Waals surface area contributed by atoms with Crippen molar-refractivity contribution in [2.45, 2.75) is 39.2 Å². The first kappa shape index (κ1) is 14.0. The number of aryl methyl sites for hydroxylation is 1. The standard InChI is InChI=1S/C19H23NO/c1-3-20(15-8-4-7-14(2)13-15)18-11-5-10-17-16(18)9-6-12-19(17)21/h4,6-9,12-13,18,21H,3,5,10-11H2,1-2H3. The Morgan fingerprint density at radius 2 is 2.00 bits per heavy atom. The fourth-order valence-electron chi connectivity index (χ4n) is 3.52. The fourth-order valence-corrected chi connectivity index (χ4v) is 3.52. The van der Waals surface area contributed by atoms with Crippen LogP contribution in [0.1, 0.15) is 42.5 Å². The lowest BCUT2D eigenvalue weighted by Crippen LogP contribution is -2.31. The third-order valence-corrected chi connectivity index (χ3v) is 4.50. The van der Waals surface area contributed by atoms with Gasteiger partial charge in [-0.1, -0.05) is 24.3 Å². The van der Waals surface area contributed by atoms with Crippen LogP contribution in [0.15, 0.2) is 42.5 Å². The van der Waals surface area contributed by atoms with E-state index in [1.54, 1.807) is 0 Å². The second-order valence-corrected chi connectivity index (χ2v) is 5.88. The van der Waals surface area contributed by atoms with Crippen LogP contribution in [-0.2, 0) is 6.42 Å². The minimum atomic E-state index is 0.368. The van der Waals surface area contributed by atoms with Gasteiger partial charge in [0.05, 0.1) is 6.04 Å². The molecule has 1 atom stereocenters. The number of nitrogens with zero attached hydrogens (tertiary/aromatic N) is 1. The van der Waals surface area contributed by atoms with Gasteiger partial charge in [-0.15, -0.1) is 0 Å². The van der Waals surface area contributed by atoms with Gasteiger partial charge >= 0.3 is 0 Å². The zero-order chi connectivity index (χ0) is 14.8. The molecule has 1 unspecified atom stereocenters. The van der Waals surface area contributed by atoms with Gasteiger partial charge in [-0.05, 0) is 68.0 Å². The van der Waals surface area contributed by atoms with Gasteiger partial charge < -0.3 is 10.0 Å². The smallest absolute Gasteiger partial charge is 0.119 e. The van der Waals surface area contributed by atoms with Crippen LogP contribution in [0.5, 0.6) is 5.75 Å². The summed E-state index contributed by atoms with van der Waals surface area (Å²) >= 11 is 0. The first-order valence-electron chi connectivity index (χ1n) is 7.84. The van der Waals surface area contributed by atoms with Gasteiger partial charge in [0.2, 0.25) is 0 Å². The molecule has 0 fully saturated rings. The van der Waals surface area contributed by atoms with Crippen molar-refractivity contribution in [2.24, 2.45) is 0 Å². The van der Waals surface area contributed by atoms with Crippen LogP contribution in [0.3, 0.4) is 0 Å². The maximum atomic E-state index is 10.1. The highest BCUT2D eigenvalue weighted by Crippen LogP contribution is 2.39. The molecule has 1 aliphatic carbocycles. The van der Waals surface area contributed by atoms with E-state index in [1.165, 1.54) is 16.8 Å². The monoisotopic (exact) mass is 281 g/mol. The summed E-state index contributed by atoms with van der Waals surface area (Å²) < 4.78 is 0. The molecule has 110 valence electrons. The molecule has 0 amide bonds. The predicted molar refractivity (Wildman–Crippen MR) is 88.0 cm³/mol. The van der Waals surface area contributed by atoms with Crippen LogP contribution in [0.4, 0.5) is 5.69 Å². The Labute approximate surface area is 127 Å². The van der Waals surface area contributed by atoms with Gasteiger partial charge in [0.25, 0.3) is 0 Å². The van der Waals surface area contributed by atoms with Gasteiger partial charge in [0.15, 0.2) is 0 Å². The number of hydrogen-bond acceptors (Lipinski definition) is 2. The molecule has 21 heavy (non-hydrogen) atoms. The van der Waals surface area contributed by atoms with E-state index in [9.17, 15) is 5.11 Å². The summed E-state index contributed by atoms with van der Waals surface area (Å²) in [7, 11) is 0. The molecule has 0 radical (unpaired) electrons. The minimum Gasteiger partial charge on any atom is -0.508 e. The molecule has 0 saturated heterocycles. The third-order valence-electron chi connectivity index (χ3n) is 4.50. The number of phenols is 1. The molecule has 0 aromatic heterocycles. The molecule has 0 spiro atoms. The number of aromatic hydroxyl groups is 1. The van der Waals surface area contributed by atoms with Gasteiger partial charge in [0.1, 0.15) is 5.75 Å². The minimum absolute atomic E-state index is 0.368. The van der Waals surface area contributed by atoms with Gasteiger partial charge in [-0.25, -0.2) is 0 Å². The van der Waals surface area contributed by atoms with E-state index in [1.807, 2.05) is 12.1 Å². The number of anilines is 1. The Kier molecular flexibility index (Phi) is 3.87. The van der Waals surface area contributed by atoms with Crippen molar-refractivity contribution in [1.29, 1.82) is 0 Å². The first-order valence-corrected chi connectivity index (χ1v) is 7.84. The summed E-state index contributed by atoms with van der Waals surface area (Å²) in [5.41, 5.74) is 5.00. The van der Waals surface area contributed by atoms with Crippen molar-refractivity contribution in [3.8, 4) is 5.75 Å². The van der Waals surface area contributed by atoms with Gasteiger partial charge in [-0.3, -0.25) is 0 Å². The second kappa shape index (κ2) is 5.80. The summed E-state index contributed by atoms with van der Waals surface area (Å²) in [5, 5.41) is 10.1. The summed E-state index contributed by atoms with van der Waals surface area (Å²) in [5.74, 6) is 0.456. The van der Waals surface area contributed by atoms with Gasteiger partial charge in [-0.2, -0.15) is 0 Å².